The van der Waals surface area contributed by atoms with E-state index in [9.17, 15) is 4.79 Å². The number of benzene rings is 2. The summed E-state index contributed by atoms with van der Waals surface area (Å²) in [6.07, 6.45) is 2.08. The van der Waals surface area contributed by atoms with Gasteiger partial charge >= 0.3 is 0 Å². The van der Waals surface area contributed by atoms with Crippen LogP contribution in [0.5, 0.6) is 0 Å². The van der Waals surface area contributed by atoms with Gasteiger partial charge in [-0.2, -0.15) is 0 Å². The molecule has 112 valence electrons. The van der Waals surface area contributed by atoms with Crippen LogP contribution < -0.4 is 5.32 Å². The average molecular weight is 310 g/mol. The van der Waals surface area contributed by atoms with Gasteiger partial charge in [0.05, 0.1) is 5.75 Å². The average Bonchev–Trinajstić information content (AvgIpc) is 2.85. The molecule has 0 aliphatic rings. The van der Waals surface area contributed by atoms with Crippen LogP contribution >= 0.6 is 11.8 Å². The Labute approximate surface area is 134 Å². The lowest BCUT2D eigenvalue weighted by molar-refractivity contribution is -0.113. The lowest BCUT2D eigenvalue weighted by Gasteiger charge is -2.05. The zero-order valence-electron chi connectivity index (χ0n) is 12.7. The monoisotopic (exact) mass is 310 g/mol. The summed E-state index contributed by atoms with van der Waals surface area (Å²) in [5.41, 5.74) is 3.21. The lowest BCUT2D eigenvalue weighted by atomic mass is 10.2. The van der Waals surface area contributed by atoms with Gasteiger partial charge in [0.25, 0.3) is 0 Å². The minimum absolute atomic E-state index is 0.0155. The van der Waals surface area contributed by atoms with Crippen molar-refractivity contribution in [3.63, 3.8) is 0 Å². The summed E-state index contributed by atoms with van der Waals surface area (Å²) < 4.78 is 2.09. The van der Waals surface area contributed by atoms with Crippen LogP contribution in [0, 0.1) is 6.92 Å². The highest BCUT2D eigenvalue weighted by Gasteiger charge is 2.09. The molecule has 1 heterocycles. The zero-order valence-corrected chi connectivity index (χ0v) is 13.5. The molecule has 0 saturated heterocycles. The largest absolute Gasteiger partial charge is 0.349 e. The molecule has 0 unspecified atom stereocenters. The number of rotatable bonds is 4. The smallest absolute Gasteiger partial charge is 0.234 e. The third-order valence-corrected chi connectivity index (χ3v) is 4.60. The van der Waals surface area contributed by atoms with Gasteiger partial charge in [0.15, 0.2) is 0 Å². The number of hydrogen-bond donors (Lipinski definition) is 1. The van der Waals surface area contributed by atoms with Gasteiger partial charge in [-0.1, -0.05) is 35.9 Å². The lowest BCUT2D eigenvalue weighted by Crippen LogP contribution is -2.13. The molecule has 0 atom stereocenters. The van der Waals surface area contributed by atoms with E-state index < -0.39 is 0 Å². The predicted molar refractivity (Wildman–Crippen MR) is 93.5 cm³/mol. The Kier molecular flexibility index (Phi) is 4.20. The number of fused-ring (bicyclic) bond motifs is 1. The summed E-state index contributed by atoms with van der Waals surface area (Å²) in [6, 6.07) is 16.1. The molecule has 1 aromatic heterocycles. The molecule has 4 heteroatoms. The summed E-state index contributed by atoms with van der Waals surface area (Å²) in [5, 5.41) is 4.12. The van der Waals surface area contributed by atoms with Crippen molar-refractivity contribution >= 4 is 34.3 Å². The van der Waals surface area contributed by atoms with E-state index in [4.69, 9.17) is 0 Å². The van der Waals surface area contributed by atoms with Crippen molar-refractivity contribution in [3.05, 3.63) is 60.3 Å². The normalized spacial score (nSPS) is 10.8. The number of para-hydroxylation sites is 1. The molecule has 1 N–H and O–H groups in total. The molecule has 3 rings (SSSR count). The Balaban J connectivity index is 1.66. The van der Waals surface area contributed by atoms with E-state index in [0.29, 0.717) is 5.75 Å². The molecular weight excluding hydrogens is 292 g/mol. The fraction of sp³-hybridized carbons (Fsp3) is 0.167. The number of aromatic nitrogens is 1. The number of aryl methyl sites for hydroxylation is 2. The first-order chi connectivity index (χ1) is 10.6. The van der Waals surface area contributed by atoms with Crippen LogP contribution in [0.1, 0.15) is 5.56 Å². The molecule has 1 amide bonds. The number of nitrogens with zero attached hydrogens (tertiary/aromatic N) is 1. The van der Waals surface area contributed by atoms with E-state index in [1.54, 1.807) is 11.8 Å². The maximum atomic E-state index is 12.1. The molecule has 0 fully saturated rings. The van der Waals surface area contributed by atoms with E-state index in [2.05, 4.69) is 28.2 Å². The number of thioether (sulfide) groups is 1. The van der Waals surface area contributed by atoms with Crippen LogP contribution in [-0.2, 0) is 11.8 Å². The highest BCUT2D eigenvalue weighted by molar-refractivity contribution is 8.00. The second-order valence-electron chi connectivity index (χ2n) is 5.32. The number of carbonyl (C=O) groups excluding carboxylic acids is 1. The Hall–Kier alpha value is -2.20. The van der Waals surface area contributed by atoms with Gasteiger partial charge in [-0.25, -0.2) is 0 Å². The van der Waals surface area contributed by atoms with Crippen molar-refractivity contribution in [2.45, 2.75) is 11.8 Å². The van der Waals surface area contributed by atoms with Gasteiger partial charge in [0.2, 0.25) is 5.91 Å². The fourth-order valence-electron chi connectivity index (χ4n) is 2.40. The van der Waals surface area contributed by atoms with E-state index in [0.717, 1.165) is 10.6 Å². The van der Waals surface area contributed by atoms with Crippen LogP contribution in [0.4, 0.5) is 5.69 Å². The summed E-state index contributed by atoms with van der Waals surface area (Å²) in [7, 11) is 2.03. The standard InChI is InChI=1S/C18H18N2OS/c1-13-7-9-14(10-8-13)19-18(21)12-22-17-11-20(2)16-6-4-3-5-15(16)17/h3-11H,12H2,1-2H3,(H,19,21). The van der Waals surface area contributed by atoms with Crippen molar-refractivity contribution in [3.8, 4) is 0 Å². The minimum Gasteiger partial charge on any atom is -0.349 e. The minimum atomic E-state index is 0.0155. The molecule has 0 aliphatic heterocycles. The van der Waals surface area contributed by atoms with Gasteiger partial charge in [0, 0.05) is 34.7 Å². The molecule has 22 heavy (non-hydrogen) atoms. The van der Waals surface area contributed by atoms with Gasteiger partial charge < -0.3 is 9.88 Å². The fourth-order valence-corrected chi connectivity index (χ4v) is 3.32. The third kappa shape index (κ3) is 3.17. The van der Waals surface area contributed by atoms with Crippen LogP contribution in [0.3, 0.4) is 0 Å². The first-order valence-electron chi connectivity index (χ1n) is 7.17. The van der Waals surface area contributed by atoms with Gasteiger partial charge in [-0.15, -0.1) is 11.8 Å². The van der Waals surface area contributed by atoms with Gasteiger partial charge in [0.1, 0.15) is 0 Å². The molecule has 0 aliphatic carbocycles. The van der Waals surface area contributed by atoms with Gasteiger partial charge in [-0.3, -0.25) is 4.79 Å². The second-order valence-corrected chi connectivity index (χ2v) is 6.34. The molecule has 3 nitrogen and oxygen atoms in total. The van der Waals surface area contributed by atoms with Crippen LogP contribution in [0.2, 0.25) is 0 Å². The molecule has 0 saturated carbocycles. The second kappa shape index (κ2) is 6.28. The Morgan fingerprint density at radius 1 is 1.14 bits per heavy atom. The number of amides is 1. The zero-order chi connectivity index (χ0) is 15.5. The first kappa shape index (κ1) is 14.7. The van der Waals surface area contributed by atoms with Crippen LogP contribution in [0.25, 0.3) is 10.9 Å². The highest BCUT2D eigenvalue weighted by Crippen LogP contribution is 2.29. The van der Waals surface area contributed by atoms with Crippen molar-refractivity contribution in [1.29, 1.82) is 0 Å². The van der Waals surface area contributed by atoms with E-state index in [1.807, 2.05) is 50.4 Å². The van der Waals surface area contributed by atoms with Crippen molar-refractivity contribution in [2.24, 2.45) is 7.05 Å². The van der Waals surface area contributed by atoms with E-state index >= 15 is 0 Å². The van der Waals surface area contributed by atoms with E-state index in [1.165, 1.54) is 16.5 Å². The summed E-state index contributed by atoms with van der Waals surface area (Å²) in [4.78, 5) is 13.2. The summed E-state index contributed by atoms with van der Waals surface area (Å²) in [5.74, 6) is 0.420. The van der Waals surface area contributed by atoms with E-state index in [-0.39, 0.29) is 5.91 Å². The van der Waals surface area contributed by atoms with Crippen molar-refractivity contribution in [1.82, 2.24) is 4.57 Å². The molecular formula is C18H18N2OS. The molecule has 2 aromatic carbocycles. The Morgan fingerprint density at radius 2 is 1.86 bits per heavy atom. The van der Waals surface area contributed by atoms with Crippen LogP contribution in [-0.4, -0.2) is 16.2 Å². The Bertz CT molecular complexity index is 806. The van der Waals surface area contributed by atoms with Crippen LogP contribution in [0.15, 0.2) is 59.6 Å². The number of nitrogens with one attached hydrogen (secondary N) is 1. The number of hydrogen-bond acceptors (Lipinski definition) is 2. The Morgan fingerprint density at radius 3 is 2.64 bits per heavy atom. The summed E-state index contributed by atoms with van der Waals surface area (Å²) >= 11 is 1.57. The van der Waals surface area contributed by atoms with Crippen molar-refractivity contribution < 1.29 is 4.79 Å². The molecule has 0 radical (unpaired) electrons. The SMILES string of the molecule is Cc1ccc(NC(=O)CSc2cn(C)c3ccccc23)cc1. The number of carbonyl (C=O) groups is 1. The van der Waals surface area contributed by atoms with Gasteiger partial charge in [-0.05, 0) is 25.1 Å². The quantitative estimate of drug-likeness (QED) is 0.732. The molecule has 0 bridgehead atoms. The van der Waals surface area contributed by atoms with Crippen molar-refractivity contribution in [2.75, 3.05) is 11.1 Å². The summed E-state index contributed by atoms with van der Waals surface area (Å²) in [6.45, 7) is 2.03. The molecule has 3 aromatic rings. The highest BCUT2D eigenvalue weighted by atomic mass is 32.2. The number of anilines is 1. The third-order valence-electron chi connectivity index (χ3n) is 3.55. The maximum absolute atomic E-state index is 12.1. The predicted octanol–water partition coefficient (Wildman–Crippen LogP) is 4.22. The molecule has 0 spiro atoms. The first-order valence-corrected chi connectivity index (χ1v) is 8.15. The maximum Gasteiger partial charge on any atom is 0.234 e. The topological polar surface area (TPSA) is 34.0 Å².